The standard InChI is InChI=1S/C17H17Cl2NO4S/c1-11(12-4-6-13(18)7-5-12)24-17(21)15-10-14(8-9-16(15)19)25(22,23)20(2)3/h4-11H,1-3H3/t11-/m1/s1. The van der Waals surface area contributed by atoms with Crippen molar-refractivity contribution < 1.29 is 17.9 Å². The van der Waals surface area contributed by atoms with E-state index in [0.717, 1.165) is 9.87 Å². The number of ether oxygens (including phenoxy) is 1. The minimum Gasteiger partial charge on any atom is -0.454 e. The third kappa shape index (κ3) is 4.52. The van der Waals surface area contributed by atoms with Crippen molar-refractivity contribution in [1.82, 2.24) is 4.31 Å². The lowest BCUT2D eigenvalue weighted by Crippen LogP contribution is -2.22. The normalized spacial score (nSPS) is 12.9. The molecule has 0 unspecified atom stereocenters. The second-order valence-corrected chi connectivity index (χ2v) is 8.52. The van der Waals surface area contributed by atoms with Crippen LogP contribution in [0.1, 0.15) is 28.9 Å². The summed E-state index contributed by atoms with van der Waals surface area (Å²) in [6.07, 6.45) is -0.546. The predicted octanol–water partition coefficient (Wildman–Crippen LogP) is 4.16. The largest absolute Gasteiger partial charge is 0.454 e. The zero-order valence-corrected chi connectivity index (χ0v) is 16.2. The second kappa shape index (κ2) is 7.74. The number of rotatable bonds is 5. The Balaban J connectivity index is 2.28. The van der Waals surface area contributed by atoms with E-state index in [4.69, 9.17) is 27.9 Å². The summed E-state index contributed by atoms with van der Waals surface area (Å²) in [5.74, 6) is -0.705. The molecule has 1 atom stereocenters. The third-order valence-corrected chi connectivity index (χ3v) is 5.95. The Labute approximate surface area is 157 Å². The summed E-state index contributed by atoms with van der Waals surface area (Å²) in [6.45, 7) is 1.70. The number of carbonyl (C=O) groups is 1. The highest BCUT2D eigenvalue weighted by molar-refractivity contribution is 7.89. The van der Waals surface area contributed by atoms with Gasteiger partial charge in [-0.2, -0.15) is 0 Å². The van der Waals surface area contributed by atoms with Gasteiger partial charge in [-0.3, -0.25) is 0 Å². The molecule has 25 heavy (non-hydrogen) atoms. The number of hydrogen-bond donors (Lipinski definition) is 0. The molecule has 5 nitrogen and oxygen atoms in total. The number of benzene rings is 2. The molecule has 134 valence electrons. The minimum atomic E-state index is -3.68. The van der Waals surface area contributed by atoms with Crippen molar-refractivity contribution in [2.24, 2.45) is 0 Å². The smallest absolute Gasteiger partial charge is 0.340 e. The summed E-state index contributed by atoms with van der Waals surface area (Å²) in [7, 11) is -0.868. The Morgan fingerprint density at radius 2 is 1.68 bits per heavy atom. The number of esters is 1. The summed E-state index contributed by atoms with van der Waals surface area (Å²) < 4.78 is 30.9. The van der Waals surface area contributed by atoms with Gasteiger partial charge in [0.25, 0.3) is 0 Å². The lowest BCUT2D eigenvalue weighted by atomic mass is 10.1. The molecule has 0 saturated carbocycles. The van der Waals surface area contributed by atoms with Gasteiger partial charge in [-0.05, 0) is 42.8 Å². The Morgan fingerprint density at radius 3 is 2.24 bits per heavy atom. The molecule has 0 aliphatic heterocycles. The van der Waals surface area contributed by atoms with Crippen molar-refractivity contribution in [2.75, 3.05) is 14.1 Å². The first-order chi connectivity index (χ1) is 11.6. The van der Waals surface area contributed by atoms with Crippen LogP contribution < -0.4 is 0 Å². The van der Waals surface area contributed by atoms with Crippen LogP contribution in [0.3, 0.4) is 0 Å². The third-order valence-electron chi connectivity index (χ3n) is 3.56. The van der Waals surface area contributed by atoms with Gasteiger partial charge in [-0.1, -0.05) is 35.3 Å². The van der Waals surface area contributed by atoms with Crippen molar-refractivity contribution >= 4 is 39.2 Å². The Bertz CT molecular complexity index is 880. The molecule has 2 aromatic carbocycles. The highest BCUT2D eigenvalue weighted by atomic mass is 35.5. The van der Waals surface area contributed by atoms with E-state index in [1.165, 1.54) is 32.3 Å². The van der Waals surface area contributed by atoms with E-state index in [0.29, 0.717) is 5.02 Å². The molecule has 8 heteroatoms. The van der Waals surface area contributed by atoms with Gasteiger partial charge in [-0.15, -0.1) is 0 Å². The quantitative estimate of drug-likeness (QED) is 0.705. The average molecular weight is 402 g/mol. The van der Waals surface area contributed by atoms with Gasteiger partial charge in [0.1, 0.15) is 6.10 Å². The number of hydrogen-bond acceptors (Lipinski definition) is 4. The van der Waals surface area contributed by atoms with Gasteiger partial charge in [0, 0.05) is 19.1 Å². The Kier molecular flexibility index (Phi) is 6.11. The molecule has 0 amide bonds. The molecule has 0 aliphatic rings. The van der Waals surface area contributed by atoms with Crippen molar-refractivity contribution in [3.63, 3.8) is 0 Å². The average Bonchev–Trinajstić information content (AvgIpc) is 2.55. The van der Waals surface area contributed by atoms with Crippen molar-refractivity contribution in [2.45, 2.75) is 17.9 Å². The molecule has 0 saturated heterocycles. The lowest BCUT2D eigenvalue weighted by molar-refractivity contribution is 0.0338. The first-order valence-electron chi connectivity index (χ1n) is 7.31. The zero-order valence-electron chi connectivity index (χ0n) is 13.9. The monoisotopic (exact) mass is 401 g/mol. The summed E-state index contributed by atoms with van der Waals surface area (Å²) >= 11 is 11.9. The summed E-state index contributed by atoms with van der Waals surface area (Å²) in [4.78, 5) is 12.4. The van der Waals surface area contributed by atoms with E-state index in [2.05, 4.69) is 0 Å². The SMILES string of the molecule is C[C@@H](OC(=O)c1cc(S(=O)(=O)N(C)C)ccc1Cl)c1ccc(Cl)cc1. The maximum Gasteiger partial charge on any atom is 0.340 e. The predicted molar refractivity (Wildman–Crippen MR) is 97.6 cm³/mol. The van der Waals surface area contributed by atoms with E-state index >= 15 is 0 Å². The molecular weight excluding hydrogens is 385 g/mol. The second-order valence-electron chi connectivity index (χ2n) is 5.53. The van der Waals surface area contributed by atoms with E-state index in [9.17, 15) is 13.2 Å². The van der Waals surface area contributed by atoms with E-state index in [1.54, 1.807) is 31.2 Å². The summed E-state index contributed by atoms with van der Waals surface area (Å²) in [5.41, 5.74) is 0.747. The van der Waals surface area contributed by atoms with Crippen LogP contribution in [0.5, 0.6) is 0 Å². The summed E-state index contributed by atoms with van der Waals surface area (Å²) in [5, 5.41) is 0.693. The zero-order chi connectivity index (χ0) is 18.8. The molecule has 0 spiro atoms. The number of carbonyl (C=O) groups excluding carboxylic acids is 1. The van der Waals surface area contributed by atoms with Crippen LogP contribution in [0.15, 0.2) is 47.4 Å². The fourth-order valence-corrected chi connectivity index (χ4v) is 3.31. The van der Waals surface area contributed by atoms with Gasteiger partial charge in [-0.25, -0.2) is 17.5 Å². The molecule has 2 aromatic rings. The van der Waals surface area contributed by atoms with Crippen LogP contribution in [0, 0.1) is 0 Å². The van der Waals surface area contributed by atoms with Gasteiger partial charge < -0.3 is 4.74 Å². The highest BCUT2D eigenvalue weighted by Gasteiger charge is 2.22. The number of sulfonamides is 1. The van der Waals surface area contributed by atoms with Crippen LogP contribution in [-0.2, 0) is 14.8 Å². The molecule has 0 radical (unpaired) electrons. The Morgan fingerprint density at radius 1 is 1.08 bits per heavy atom. The maximum atomic E-state index is 12.4. The lowest BCUT2D eigenvalue weighted by Gasteiger charge is -2.16. The van der Waals surface area contributed by atoms with Crippen LogP contribution in [0.25, 0.3) is 0 Å². The Hall–Kier alpha value is -1.60. The van der Waals surface area contributed by atoms with E-state index in [1.807, 2.05) is 0 Å². The fraction of sp³-hybridized carbons (Fsp3) is 0.235. The summed E-state index contributed by atoms with van der Waals surface area (Å²) in [6, 6.07) is 10.8. The molecular formula is C17H17Cl2NO4S. The van der Waals surface area contributed by atoms with Crippen LogP contribution >= 0.6 is 23.2 Å². The van der Waals surface area contributed by atoms with Crippen LogP contribution in [-0.4, -0.2) is 32.8 Å². The number of halogens is 2. The molecule has 0 heterocycles. The molecule has 0 aromatic heterocycles. The first-order valence-corrected chi connectivity index (χ1v) is 9.51. The highest BCUT2D eigenvalue weighted by Crippen LogP contribution is 2.26. The fourth-order valence-electron chi connectivity index (χ4n) is 2.06. The molecule has 2 rings (SSSR count). The van der Waals surface area contributed by atoms with Crippen molar-refractivity contribution in [1.29, 1.82) is 0 Å². The molecule has 0 fully saturated rings. The van der Waals surface area contributed by atoms with Gasteiger partial charge in [0.15, 0.2) is 0 Å². The van der Waals surface area contributed by atoms with E-state index in [-0.39, 0.29) is 15.5 Å². The van der Waals surface area contributed by atoms with Gasteiger partial charge in [0.2, 0.25) is 10.0 Å². The molecule has 0 aliphatic carbocycles. The molecule has 0 N–H and O–H groups in total. The molecule has 0 bridgehead atoms. The van der Waals surface area contributed by atoms with Gasteiger partial charge in [0.05, 0.1) is 15.5 Å². The van der Waals surface area contributed by atoms with Crippen LogP contribution in [0.4, 0.5) is 0 Å². The van der Waals surface area contributed by atoms with Crippen molar-refractivity contribution in [3.05, 3.63) is 63.6 Å². The minimum absolute atomic E-state index is 0.00888. The first kappa shape index (κ1) is 19.7. The van der Waals surface area contributed by atoms with Crippen LogP contribution in [0.2, 0.25) is 10.0 Å². The topological polar surface area (TPSA) is 63.7 Å². The van der Waals surface area contributed by atoms with E-state index < -0.39 is 22.1 Å². The van der Waals surface area contributed by atoms with Gasteiger partial charge >= 0.3 is 5.97 Å². The maximum absolute atomic E-state index is 12.4. The van der Waals surface area contributed by atoms with Crippen molar-refractivity contribution in [3.8, 4) is 0 Å². The number of nitrogens with zero attached hydrogens (tertiary/aromatic N) is 1.